The molecule has 4 rings (SSSR count). The molecule has 5 heteroatoms. The van der Waals surface area contributed by atoms with Crippen molar-refractivity contribution in [1.29, 1.82) is 0 Å². The molecule has 1 aliphatic rings. The molecule has 1 saturated heterocycles. The van der Waals surface area contributed by atoms with Crippen LogP contribution in [0.25, 0.3) is 10.9 Å². The summed E-state index contributed by atoms with van der Waals surface area (Å²) in [6, 6.07) is 14.9. The molecule has 0 spiro atoms. The van der Waals surface area contributed by atoms with E-state index in [1.807, 2.05) is 37.3 Å². The predicted molar refractivity (Wildman–Crippen MR) is 100 cm³/mol. The zero-order valence-corrected chi connectivity index (χ0v) is 15.2. The van der Waals surface area contributed by atoms with Gasteiger partial charge in [-0.2, -0.15) is 0 Å². The number of aryl methyl sites for hydroxylation is 1. The number of benzene rings is 2. The second kappa shape index (κ2) is 6.32. The van der Waals surface area contributed by atoms with E-state index in [1.54, 1.807) is 18.3 Å². The van der Waals surface area contributed by atoms with Crippen molar-refractivity contribution in [3.63, 3.8) is 0 Å². The van der Waals surface area contributed by atoms with E-state index in [2.05, 4.69) is 11.0 Å². The number of likely N-dealkylation sites (tertiary alicyclic amines) is 1. The largest absolute Gasteiger partial charge is 0.299 e. The van der Waals surface area contributed by atoms with Gasteiger partial charge in [0.05, 0.1) is 10.4 Å². The molecule has 0 aliphatic carbocycles. The lowest BCUT2D eigenvalue weighted by Gasteiger charge is -2.15. The Kier molecular flexibility index (Phi) is 4.13. The van der Waals surface area contributed by atoms with E-state index in [-0.39, 0.29) is 0 Å². The highest BCUT2D eigenvalue weighted by Gasteiger charge is 2.20. The fraction of sp³-hybridized carbons (Fsp3) is 0.300. The fourth-order valence-corrected chi connectivity index (χ4v) is 4.91. The minimum absolute atomic E-state index is 0.320. The van der Waals surface area contributed by atoms with E-state index in [4.69, 9.17) is 0 Å². The SMILES string of the molecule is Cc1ccc(S(=O)(=O)n2ccc3c(CN4CCCC4)cccc32)cc1. The quantitative estimate of drug-likeness (QED) is 0.716. The van der Waals surface area contributed by atoms with Gasteiger partial charge < -0.3 is 0 Å². The number of hydrogen-bond acceptors (Lipinski definition) is 3. The van der Waals surface area contributed by atoms with Crippen LogP contribution in [0.2, 0.25) is 0 Å². The molecule has 0 N–H and O–H groups in total. The van der Waals surface area contributed by atoms with E-state index >= 15 is 0 Å². The molecule has 2 aromatic carbocycles. The molecular formula is C20H22N2O2S. The Morgan fingerprint density at radius 2 is 1.68 bits per heavy atom. The third kappa shape index (κ3) is 2.98. The predicted octanol–water partition coefficient (Wildman–Crippen LogP) is 3.78. The summed E-state index contributed by atoms with van der Waals surface area (Å²) in [6.07, 6.45) is 4.17. The van der Waals surface area contributed by atoms with E-state index < -0.39 is 10.0 Å². The molecular weight excluding hydrogens is 332 g/mol. The summed E-state index contributed by atoms with van der Waals surface area (Å²) >= 11 is 0. The first-order valence-electron chi connectivity index (χ1n) is 8.69. The van der Waals surface area contributed by atoms with Gasteiger partial charge in [-0.25, -0.2) is 12.4 Å². The molecule has 130 valence electrons. The lowest BCUT2D eigenvalue weighted by atomic mass is 10.1. The molecule has 25 heavy (non-hydrogen) atoms. The first kappa shape index (κ1) is 16.4. The van der Waals surface area contributed by atoms with Crippen molar-refractivity contribution in [1.82, 2.24) is 8.87 Å². The molecule has 0 radical (unpaired) electrons. The average molecular weight is 354 g/mol. The lowest BCUT2D eigenvalue weighted by molar-refractivity contribution is 0.332. The standard InChI is InChI=1S/C20H22N2O2S/c1-16-7-9-18(10-8-16)25(23,24)22-14-11-19-17(5-4-6-20(19)22)15-21-12-2-3-13-21/h4-11,14H,2-3,12-13,15H2,1H3. The van der Waals surface area contributed by atoms with E-state index in [1.165, 1.54) is 22.4 Å². The molecule has 0 amide bonds. The average Bonchev–Trinajstić information content (AvgIpc) is 3.25. The molecule has 4 nitrogen and oxygen atoms in total. The van der Waals surface area contributed by atoms with Gasteiger partial charge in [-0.05, 0) is 62.7 Å². The lowest BCUT2D eigenvalue weighted by Crippen LogP contribution is -2.18. The second-order valence-electron chi connectivity index (χ2n) is 6.76. The zero-order valence-electron chi connectivity index (χ0n) is 14.4. The Labute approximate surface area is 148 Å². The van der Waals surface area contributed by atoms with Gasteiger partial charge in [0.25, 0.3) is 10.0 Å². The van der Waals surface area contributed by atoms with Crippen LogP contribution in [-0.2, 0) is 16.6 Å². The third-order valence-electron chi connectivity index (χ3n) is 4.96. The maximum Gasteiger partial charge on any atom is 0.268 e. The van der Waals surface area contributed by atoms with Crippen molar-refractivity contribution < 1.29 is 8.42 Å². The second-order valence-corrected chi connectivity index (χ2v) is 8.58. The smallest absolute Gasteiger partial charge is 0.268 e. The number of nitrogens with zero attached hydrogens (tertiary/aromatic N) is 2. The Balaban J connectivity index is 1.77. The molecule has 0 bridgehead atoms. The number of aromatic nitrogens is 1. The number of hydrogen-bond donors (Lipinski definition) is 0. The minimum atomic E-state index is -3.58. The van der Waals surface area contributed by atoms with Crippen molar-refractivity contribution in [2.75, 3.05) is 13.1 Å². The Bertz CT molecular complexity index is 998. The maximum absolute atomic E-state index is 13.0. The van der Waals surface area contributed by atoms with E-state index in [0.29, 0.717) is 4.90 Å². The Morgan fingerprint density at radius 1 is 0.960 bits per heavy atom. The summed E-state index contributed by atoms with van der Waals surface area (Å²) in [4.78, 5) is 2.75. The highest BCUT2D eigenvalue weighted by molar-refractivity contribution is 7.90. The topological polar surface area (TPSA) is 42.3 Å². The maximum atomic E-state index is 13.0. The summed E-state index contributed by atoms with van der Waals surface area (Å²) < 4.78 is 27.5. The summed E-state index contributed by atoms with van der Waals surface area (Å²) in [7, 11) is -3.58. The van der Waals surface area contributed by atoms with E-state index in [0.717, 1.165) is 36.1 Å². The van der Waals surface area contributed by atoms with Gasteiger partial charge in [-0.3, -0.25) is 4.90 Å². The van der Waals surface area contributed by atoms with Crippen molar-refractivity contribution in [3.05, 3.63) is 65.9 Å². The van der Waals surface area contributed by atoms with Crippen LogP contribution in [0.4, 0.5) is 0 Å². The molecule has 1 fully saturated rings. The summed E-state index contributed by atoms with van der Waals surface area (Å²) in [6.45, 7) is 5.08. The van der Waals surface area contributed by atoms with Gasteiger partial charge in [0.2, 0.25) is 0 Å². The summed E-state index contributed by atoms with van der Waals surface area (Å²) in [5, 5.41) is 1.02. The Morgan fingerprint density at radius 3 is 2.40 bits per heavy atom. The van der Waals surface area contributed by atoms with Crippen LogP contribution in [0.15, 0.2) is 59.6 Å². The van der Waals surface area contributed by atoms with Crippen molar-refractivity contribution in [3.8, 4) is 0 Å². The Hall–Kier alpha value is -2.11. The molecule has 0 saturated carbocycles. The van der Waals surface area contributed by atoms with Gasteiger partial charge in [0.15, 0.2) is 0 Å². The number of fused-ring (bicyclic) bond motifs is 1. The van der Waals surface area contributed by atoms with Crippen LogP contribution in [0, 0.1) is 6.92 Å². The molecule has 2 heterocycles. The number of rotatable bonds is 4. The van der Waals surface area contributed by atoms with Crippen molar-refractivity contribution in [2.24, 2.45) is 0 Å². The van der Waals surface area contributed by atoms with Crippen LogP contribution in [0.5, 0.6) is 0 Å². The molecule has 0 unspecified atom stereocenters. The van der Waals surface area contributed by atoms with Crippen LogP contribution in [0.1, 0.15) is 24.0 Å². The molecule has 1 aromatic heterocycles. The third-order valence-corrected chi connectivity index (χ3v) is 6.66. The van der Waals surface area contributed by atoms with Crippen LogP contribution < -0.4 is 0 Å². The van der Waals surface area contributed by atoms with Crippen molar-refractivity contribution >= 4 is 20.9 Å². The molecule has 0 atom stereocenters. The van der Waals surface area contributed by atoms with Crippen molar-refractivity contribution in [2.45, 2.75) is 31.2 Å². The normalized spacial score (nSPS) is 15.9. The van der Waals surface area contributed by atoms with Crippen LogP contribution in [0.3, 0.4) is 0 Å². The molecule has 3 aromatic rings. The first-order valence-corrected chi connectivity index (χ1v) is 10.1. The summed E-state index contributed by atoms with van der Waals surface area (Å²) in [5.74, 6) is 0. The van der Waals surface area contributed by atoms with Gasteiger partial charge in [-0.15, -0.1) is 0 Å². The fourth-order valence-electron chi connectivity index (χ4n) is 3.56. The van der Waals surface area contributed by atoms with Crippen LogP contribution >= 0.6 is 0 Å². The first-order chi connectivity index (χ1) is 12.1. The van der Waals surface area contributed by atoms with Gasteiger partial charge in [0.1, 0.15) is 0 Å². The molecule has 1 aliphatic heterocycles. The summed E-state index contributed by atoms with van der Waals surface area (Å²) in [5.41, 5.74) is 2.98. The highest BCUT2D eigenvalue weighted by Crippen LogP contribution is 2.26. The van der Waals surface area contributed by atoms with Gasteiger partial charge in [0, 0.05) is 18.1 Å². The van der Waals surface area contributed by atoms with Gasteiger partial charge in [-0.1, -0.05) is 29.8 Å². The monoisotopic (exact) mass is 354 g/mol. The van der Waals surface area contributed by atoms with Gasteiger partial charge >= 0.3 is 0 Å². The van der Waals surface area contributed by atoms with E-state index in [9.17, 15) is 8.42 Å². The van der Waals surface area contributed by atoms with Crippen LogP contribution in [-0.4, -0.2) is 30.4 Å². The zero-order chi connectivity index (χ0) is 17.4. The minimum Gasteiger partial charge on any atom is -0.299 e. The highest BCUT2D eigenvalue weighted by atomic mass is 32.2.